The minimum atomic E-state index is 0.00535. The van der Waals surface area contributed by atoms with E-state index >= 15 is 0 Å². The first kappa shape index (κ1) is 16.6. The number of rotatable bonds is 6. The van der Waals surface area contributed by atoms with E-state index in [9.17, 15) is 4.79 Å². The molecule has 0 saturated carbocycles. The van der Waals surface area contributed by atoms with Crippen molar-refractivity contribution in [3.8, 4) is 5.00 Å². The Labute approximate surface area is 156 Å². The zero-order valence-electron chi connectivity index (χ0n) is 14.4. The molecule has 0 aliphatic heterocycles. The van der Waals surface area contributed by atoms with E-state index in [0.717, 1.165) is 28.2 Å². The van der Waals surface area contributed by atoms with Gasteiger partial charge in [-0.3, -0.25) is 4.79 Å². The molecule has 0 spiro atoms. The van der Waals surface area contributed by atoms with Gasteiger partial charge in [0.05, 0.1) is 10.4 Å². The summed E-state index contributed by atoms with van der Waals surface area (Å²) in [7, 11) is 0. The molecule has 0 aliphatic rings. The predicted octanol–water partition coefficient (Wildman–Crippen LogP) is 5.05. The van der Waals surface area contributed by atoms with Crippen LogP contribution in [0.3, 0.4) is 0 Å². The Kier molecular flexibility index (Phi) is 4.84. The maximum Gasteiger partial charge on any atom is 0.261 e. The minimum absolute atomic E-state index is 0.00535. The van der Waals surface area contributed by atoms with Crippen molar-refractivity contribution in [2.75, 3.05) is 6.54 Å². The van der Waals surface area contributed by atoms with Crippen LogP contribution in [-0.4, -0.2) is 17.0 Å². The molecule has 3 nitrogen and oxygen atoms in total. The Morgan fingerprint density at radius 2 is 1.73 bits per heavy atom. The van der Waals surface area contributed by atoms with Crippen molar-refractivity contribution in [3.05, 3.63) is 89.4 Å². The molecule has 4 aromatic rings. The van der Waals surface area contributed by atoms with Crippen LogP contribution in [0.2, 0.25) is 0 Å². The zero-order chi connectivity index (χ0) is 17.8. The highest BCUT2D eigenvalue weighted by molar-refractivity contribution is 7.16. The van der Waals surface area contributed by atoms with Crippen LogP contribution in [0.25, 0.3) is 15.9 Å². The Balaban J connectivity index is 1.37. The molecule has 4 heteroatoms. The Morgan fingerprint density at radius 1 is 0.923 bits per heavy atom. The van der Waals surface area contributed by atoms with E-state index in [-0.39, 0.29) is 5.91 Å². The molecule has 0 radical (unpaired) electrons. The quantitative estimate of drug-likeness (QED) is 0.479. The van der Waals surface area contributed by atoms with Gasteiger partial charge in [-0.2, -0.15) is 0 Å². The molecule has 2 aromatic carbocycles. The smallest absolute Gasteiger partial charge is 0.261 e. The van der Waals surface area contributed by atoms with Crippen molar-refractivity contribution in [2.45, 2.75) is 12.8 Å². The lowest BCUT2D eigenvalue weighted by molar-refractivity contribution is 0.0957. The number of hydrogen-bond donors (Lipinski definition) is 1. The number of fused-ring (bicyclic) bond motifs is 1. The normalized spacial score (nSPS) is 10.9. The van der Waals surface area contributed by atoms with Crippen LogP contribution in [-0.2, 0) is 6.42 Å². The van der Waals surface area contributed by atoms with Crippen LogP contribution >= 0.6 is 11.3 Å². The van der Waals surface area contributed by atoms with Crippen LogP contribution < -0.4 is 5.32 Å². The molecule has 2 heterocycles. The van der Waals surface area contributed by atoms with Crippen molar-refractivity contribution < 1.29 is 4.79 Å². The SMILES string of the molecule is O=C(NCCCc1ccccc1)c1ccc(-n2ccc3ccccc32)s1. The van der Waals surface area contributed by atoms with Crippen molar-refractivity contribution in [3.63, 3.8) is 0 Å². The van der Waals surface area contributed by atoms with E-state index in [1.54, 1.807) is 0 Å². The molecule has 0 fully saturated rings. The summed E-state index contributed by atoms with van der Waals surface area (Å²) in [5.74, 6) is 0.00535. The van der Waals surface area contributed by atoms with Gasteiger partial charge < -0.3 is 9.88 Å². The number of nitrogens with zero attached hydrogens (tertiary/aromatic N) is 1. The molecule has 2 aromatic heterocycles. The number of hydrogen-bond acceptors (Lipinski definition) is 2. The maximum atomic E-state index is 12.4. The standard InChI is InChI=1S/C22H20N2OS/c25-22(23-15-6-9-17-7-2-1-3-8-17)20-12-13-21(26-20)24-16-14-18-10-4-5-11-19(18)24/h1-5,7-8,10-14,16H,6,9,15H2,(H,23,25). The number of thiophene rings is 1. The highest BCUT2D eigenvalue weighted by atomic mass is 32.1. The number of aromatic nitrogens is 1. The van der Waals surface area contributed by atoms with Crippen LogP contribution in [0.5, 0.6) is 0 Å². The summed E-state index contributed by atoms with van der Waals surface area (Å²) in [6.45, 7) is 0.688. The second-order valence-corrected chi connectivity index (χ2v) is 7.29. The van der Waals surface area contributed by atoms with Gasteiger partial charge in [0.15, 0.2) is 0 Å². The van der Waals surface area contributed by atoms with Gasteiger partial charge in [0.1, 0.15) is 5.00 Å². The van der Waals surface area contributed by atoms with Gasteiger partial charge in [-0.05, 0) is 48.1 Å². The summed E-state index contributed by atoms with van der Waals surface area (Å²) in [6.07, 6.45) is 3.97. The zero-order valence-corrected chi connectivity index (χ0v) is 15.2. The molecule has 0 aliphatic carbocycles. The third-order valence-electron chi connectivity index (χ3n) is 4.42. The number of para-hydroxylation sites is 1. The first-order valence-electron chi connectivity index (χ1n) is 8.80. The van der Waals surface area contributed by atoms with E-state index in [1.165, 1.54) is 22.3 Å². The van der Waals surface area contributed by atoms with Crippen LogP contribution in [0.1, 0.15) is 21.7 Å². The summed E-state index contributed by atoms with van der Waals surface area (Å²) >= 11 is 1.52. The Morgan fingerprint density at radius 3 is 2.62 bits per heavy atom. The molecular weight excluding hydrogens is 340 g/mol. The van der Waals surface area contributed by atoms with Crippen molar-refractivity contribution >= 4 is 28.1 Å². The number of nitrogens with one attached hydrogen (secondary N) is 1. The Bertz CT molecular complexity index is 1020. The predicted molar refractivity (Wildman–Crippen MR) is 108 cm³/mol. The van der Waals surface area contributed by atoms with Gasteiger partial charge in [0, 0.05) is 12.7 Å². The largest absolute Gasteiger partial charge is 0.351 e. The average molecular weight is 360 g/mol. The lowest BCUT2D eigenvalue weighted by Gasteiger charge is -2.04. The van der Waals surface area contributed by atoms with Gasteiger partial charge in [-0.1, -0.05) is 48.5 Å². The average Bonchev–Trinajstić information content (AvgIpc) is 3.33. The highest BCUT2D eigenvalue weighted by Gasteiger charge is 2.11. The third-order valence-corrected chi connectivity index (χ3v) is 5.51. The summed E-state index contributed by atoms with van der Waals surface area (Å²) in [5, 5.41) is 5.29. The van der Waals surface area contributed by atoms with Crippen molar-refractivity contribution in [1.82, 2.24) is 9.88 Å². The lowest BCUT2D eigenvalue weighted by Crippen LogP contribution is -2.23. The van der Waals surface area contributed by atoms with Crippen LogP contribution in [0, 0.1) is 0 Å². The van der Waals surface area contributed by atoms with E-state index in [1.807, 2.05) is 42.5 Å². The van der Waals surface area contributed by atoms with Gasteiger partial charge in [0.2, 0.25) is 0 Å². The Hall–Kier alpha value is -2.85. The van der Waals surface area contributed by atoms with E-state index < -0.39 is 0 Å². The summed E-state index contributed by atoms with van der Waals surface area (Å²) in [6, 6.07) is 24.6. The molecule has 0 bridgehead atoms. The number of benzene rings is 2. The summed E-state index contributed by atoms with van der Waals surface area (Å²) in [5.41, 5.74) is 2.46. The van der Waals surface area contributed by atoms with Crippen LogP contribution in [0.15, 0.2) is 79.0 Å². The molecule has 26 heavy (non-hydrogen) atoms. The maximum absolute atomic E-state index is 12.4. The fraction of sp³-hybridized carbons (Fsp3) is 0.136. The first-order valence-corrected chi connectivity index (χ1v) is 9.61. The third kappa shape index (κ3) is 3.55. The molecule has 4 rings (SSSR count). The molecular formula is C22H20N2OS. The fourth-order valence-electron chi connectivity index (χ4n) is 3.08. The van der Waals surface area contributed by atoms with Crippen molar-refractivity contribution in [1.29, 1.82) is 0 Å². The number of carbonyl (C=O) groups excluding carboxylic acids is 1. The number of aryl methyl sites for hydroxylation is 1. The second-order valence-electron chi connectivity index (χ2n) is 6.23. The number of carbonyl (C=O) groups is 1. The molecule has 0 atom stereocenters. The van der Waals surface area contributed by atoms with Gasteiger partial charge in [-0.15, -0.1) is 11.3 Å². The summed E-state index contributed by atoms with van der Waals surface area (Å²) < 4.78 is 2.13. The minimum Gasteiger partial charge on any atom is -0.351 e. The van der Waals surface area contributed by atoms with Crippen molar-refractivity contribution in [2.24, 2.45) is 0 Å². The summed E-state index contributed by atoms with van der Waals surface area (Å²) in [4.78, 5) is 13.1. The van der Waals surface area contributed by atoms with Gasteiger partial charge >= 0.3 is 0 Å². The van der Waals surface area contributed by atoms with Gasteiger partial charge in [-0.25, -0.2) is 0 Å². The molecule has 1 N–H and O–H groups in total. The lowest BCUT2D eigenvalue weighted by atomic mass is 10.1. The fourth-order valence-corrected chi connectivity index (χ4v) is 4.00. The monoisotopic (exact) mass is 360 g/mol. The van der Waals surface area contributed by atoms with Gasteiger partial charge in [0.25, 0.3) is 5.91 Å². The van der Waals surface area contributed by atoms with E-state index in [2.05, 4.69) is 46.4 Å². The van der Waals surface area contributed by atoms with Crippen LogP contribution in [0.4, 0.5) is 0 Å². The molecule has 0 unspecified atom stereocenters. The first-order chi connectivity index (χ1) is 12.8. The number of amides is 1. The topological polar surface area (TPSA) is 34.0 Å². The molecule has 0 saturated heterocycles. The van der Waals surface area contributed by atoms with E-state index in [0.29, 0.717) is 6.54 Å². The molecule has 1 amide bonds. The molecule has 130 valence electrons. The second kappa shape index (κ2) is 7.58. The van der Waals surface area contributed by atoms with E-state index in [4.69, 9.17) is 0 Å². The highest BCUT2D eigenvalue weighted by Crippen LogP contribution is 2.26.